The molecule has 1 aromatic heterocycles. The lowest BCUT2D eigenvalue weighted by atomic mass is 10.1. The molecule has 1 saturated heterocycles. The van der Waals surface area contributed by atoms with Crippen LogP contribution in [-0.4, -0.2) is 34.5 Å². The zero-order chi connectivity index (χ0) is 13.0. The summed E-state index contributed by atoms with van der Waals surface area (Å²) < 4.78 is 5.57. The minimum absolute atomic E-state index is 0.107. The van der Waals surface area contributed by atoms with Crippen molar-refractivity contribution in [2.24, 2.45) is 10.9 Å². The van der Waals surface area contributed by atoms with E-state index in [-0.39, 0.29) is 11.9 Å². The van der Waals surface area contributed by atoms with Crippen molar-refractivity contribution in [1.29, 1.82) is 0 Å². The molecule has 0 bridgehead atoms. The maximum Gasteiger partial charge on any atom is 0.173 e. The molecular weight excluding hydrogens is 250 g/mol. The molecule has 1 aromatic rings. The fourth-order valence-corrected chi connectivity index (χ4v) is 3.10. The van der Waals surface area contributed by atoms with Gasteiger partial charge in [-0.15, -0.1) is 11.8 Å². The Morgan fingerprint density at radius 1 is 1.72 bits per heavy atom. The quantitative estimate of drug-likeness (QED) is 0.286. The van der Waals surface area contributed by atoms with Gasteiger partial charge in [0.2, 0.25) is 0 Å². The van der Waals surface area contributed by atoms with Gasteiger partial charge in [-0.05, 0) is 31.4 Å². The van der Waals surface area contributed by atoms with Gasteiger partial charge in [0.25, 0.3) is 0 Å². The van der Waals surface area contributed by atoms with Gasteiger partial charge in [-0.25, -0.2) is 4.98 Å². The molecule has 1 aliphatic rings. The summed E-state index contributed by atoms with van der Waals surface area (Å²) in [5.41, 5.74) is 7.36. The number of hydrogen-bond acceptors (Lipinski definition) is 5. The van der Waals surface area contributed by atoms with Crippen LogP contribution in [0.5, 0.6) is 0 Å². The molecule has 2 rings (SSSR count). The van der Waals surface area contributed by atoms with Gasteiger partial charge in [0.05, 0.1) is 11.7 Å². The summed E-state index contributed by atoms with van der Waals surface area (Å²) in [6, 6.07) is 1.85. The van der Waals surface area contributed by atoms with Crippen LogP contribution in [0.2, 0.25) is 0 Å². The highest BCUT2D eigenvalue weighted by Crippen LogP contribution is 2.26. The van der Waals surface area contributed by atoms with Crippen LogP contribution >= 0.6 is 11.8 Å². The van der Waals surface area contributed by atoms with Gasteiger partial charge in [0.1, 0.15) is 5.03 Å². The van der Waals surface area contributed by atoms with E-state index in [0.717, 1.165) is 35.8 Å². The van der Waals surface area contributed by atoms with E-state index in [1.807, 2.05) is 13.0 Å². The van der Waals surface area contributed by atoms with Crippen molar-refractivity contribution in [3.8, 4) is 0 Å². The average Bonchev–Trinajstić information content (AvgIpc) is 2.88. The summed E-state index contributed by atoms with van der Waals surface area (Å²) >= 11 is 1.59. The molecule has 0 aromatic carbocycles. The third-order valence-corrected chi connectivity index (χ3v) is 4.04. The van der Waals surface area contributed by atoms with Crippen LogP contribution < -0.4 is 5.73 Å². The number of ether oxygens (including phenoxy) is 1. The fraction of sp³-hybridized carbons (Fsp3) is 0.500. The Morgan fingerprint density at radius 3 is 3.22 bits per heavy atom. The van der Waals surface area contributed by atoms with Gasteiger partial charge in [0.15, 0.2) is 5.84 Å². The molecule has 5 nitrogen and oxygen atoms in total. The maximum absolute atomic E-state index is 8.82. The Bertz CT molecular complexity index is 445. The molecule has 0 saturated carbocycles. The summed E-state index contributed by atoms with van der Waals surface area (Å²) in [6.45, 7) is 2.77. The van der Waals surface area contributed by atoms with Gasteiger partial charge in [-0.1, -0.05) is 5.16 Å². The topological polar surface area (TPSA) is 80.7 Å². The normalized spacial score (nSPS) is 20.3. The van der Waals surface area contributed by atoms with E-state index in [0.29, 0.717) is 5.56 Å². The number of nitrogens with zero attached hydrogens (tertiary/aromatic N) is 2. The van der Waals surface area contributed by atoms with Crippen molar-refractivity contribution < 1.29 is 9.94 Å². The first-order valence-electron chi connectivity index (χ1n) is 5.90. The van der Waals surface area contributed by atoms with Crippen molar-refractivity contribution in [3.63, 3.8) is 0 Å². The lowest BCUT2D eigenvalue weighted by Gasteiger charge is -2.12. The SMILES string of the molecule is Cc1ccnc(SCC2CCCO2)c1/C(N)=N/O. The van der Waals surface area contributed by atoms with Crippen LogP contribution in [0.4, 0.5) is 0 Å². The Balaban J connectivity index is 2.13. The monoisotopic (exact) mass is 267 g/mol. The van der Waals surface area contributed by atoms with E-state index in [4.69, 9.17) is 15.7 Å². The van der Waals surface area contributed by atoms with E-state index in [1.54, 1.807) is 18.0 Å². The molecule has 0 aliphatic carbocycles. The predicted molar refractivity (Wildman–Crippen MR) is 71.2 cm³/mol. The molecule has 1 unspecified atom stereocenters. The van der Waals surface area contributed by atoms with Gasteiger partial charge >= 0.3 is 0 Å². The lowest BCUT2D eigenvalue weighted by Crippen LogP contribution is -2.17. The molecule has 18 heavy (non-hydrogen) atoms. The Labute approximate surface area is 110 Å². The van der Waals surface area contributed by atoms with E-state index >= 15 is 0 Å². The summed E-state index contributed by atoms with van der Waals surface area (Å²) in [5, 5.41) is 12.7. The highest BCUT2D eigenvalue weighted by atomic mass is 32.2. The second-order valence-corrected chi connectivity index (χ2v) is 5.25. The standard InChI is InChI=1S/C12H17N3O2S/c1-8-4-5-14-12(10(8)11(13)15-16)18-7-9-3-2-6-17-9/h4-5,9,16H,2-3,6-7H2,1H3,(H2,13,15). The summed E-state index contributed by atoms with van der Waals surface area (Å²) in [5.74, 6) is 0.956. The average molecular weight is 267 g/mol. The molecule has 1 fully saturated rings. The largest absolute Gasteiger partial charge is 0.409 e. The number of rotatable bonds is 4. The van der Waals surface area contributed by atoms with E-state index in [9.17, 15) is 0 Å². The van der Waals surface area contributed by atoms with Crippen LogP contribution in [0, 0.1) is 6.92 Å². The second kappa shape index (κ2) is 6.06. The summed E-state index contributed by atoms with van der Waals surface area (Å²) in [7, 11) is 0. The summed E-state index contributed by atoms with van der Waals surface area (Å²) in [6.07, 6.45) is 4.25. The molecule has 0 spiro atoms. The minimum atomic E-state index is 0.107. The van der Waals surface area contributed by atoms with Crippen LogP contribution in [-0.2, 0) is 4.74 Å². The van der Waals surface area contributed by atoms with Crippen molar-refractivity contribution in [1.82, 2.24) is 4.98 Å². The number of hydrogen-bond donors (Lipinski definition) is 2. The smallest absolute Gasteiger partial charge is 0.173 e. The van der Waals surface area contributed by atoms with Crippen molar-refractivity contribution in [3.05, 3.63) is 23.4 Å². The zero-order valence-electron chi connectivity index (χ0n) is 10.3. The van der Waals surface area contributed by atoms with E-state index in [1.165, 1.54) is 0 Å². The molecule has 0 amide bonds. The third kappa shape index (κ3) is 2.94. The first kappa shape index (κ1) is 13.2. The highest BCUT2D eigenvalue weighted by Gasteiger charge is 2.18. The molecule has 98 valence electrons. The molecule has 1 atom stereocenters. The number of thioether (sulfide) groups is 1. The Morgan fingerprint density at radius 2 is 2.56 bits per heavy atom. The molecule has 0 radical (unpaired) electrons. The Hall–Kier alpha value is -1.27. The second-order valence-electron chi connectivity index (χ2n) is 4.24. The van der Waals surface area contributed by atoms with E-state index < -0.39 is 0 Å². The van der Waals surface area contributed by atoms with Gasteiger partial charge in [-0.2, -0.15) is 0 Å². The number of aryl methyl sites for hydroxylation is 1. The van der Waals surface area contributed by atoms with Crippen LogP contribution in [0.15, 0.2) is 22.4 Å². The number of oxime groups is 1. The number of amidine groups is 1. The third-order valence-electron chi connectivity index (χ3n) is 2.92. The number of pyridine rings is 1. The van der Waals surface area contributed by atoms with Crippen LogP contribution in [0.25, 0.3) is 0 Å². The van der Waals surface area contributed by atoms with Crippen molar-refractivity contribution in [2.45, 2.75) is 30.9 Å². The highest BCUT2D eigenvalue weighted by molar-refractivity contribution is 7.99. The first-order chi connectivity index (χ1) is 8.72. The lowest BCUT2D eigenvalue weighted by molar-refractivity contribution is 0.129. The molecule has 3 N–H and O–H groups in total. The van der Waals surface area contributed by atoms with Gasteiger partial charge < -0.3 is 15.7 Å². The summed E-state index contributed by atoms with van der Waals surface area (Å²) in [4.78, 5) is 4.30. The molecule has 1 aliphatic heterocycles. The number of aromatic nitrogens is 1. The Kier molecular flexibility index (Phi) is 4.43. The van der Waals surface area contributed by atoms with Crippen molar-refractivity contribution >= 4 is 17.6 Å². The zero-order valence-corrected chi connectivity index (χ0v) is 11.1. The number of nitrogens with two attached hydrogens (primary N) is 1. The molecular formula is C12H17N3O2S. The molecule has 2 heterocycles. The fourth-order valence-electron chi connectivity index (χ4n) is 1.95. The van der Waals surface area contributed by atoms with Crippen LogP contribution in [0.1, 0.15) is 24.0 Å². The predicted octanol–water partition coefficient (Wildman–Crippen LogP) is 1.76. The van der Waals surface area contributed by atoms with Gasteiger partial charge in [0, 0.05) is 18.6 Å². The van der Waals surface area contributed by atoms with Crippen molar-refractivity contribution in [2.75, 3.05) is 12.4 Å². The minimum Gasteiger partial charge on any atom is -0.409 e. The van der Waals surface area contributed by atoms with E-state index in [2.05, 4.69) is 10.1 Å². The van der Waals surface area contributed by atoms with Crippen LogP contribution in [0.3, 0.4) is 0 Å². The first-order valence-corrected chi connectivity index (χ1v) is 6.89. The molecule has 6 heteroatoms. The van der Waals surface area contributed by atoms with Gasteiger partial charge in [-0.3, -0.25) is 0 Å². The maximum atomic E-state index is 8.82.